The van der Waals surface area contributed by atoms with E-state index in [1.807, 2.05) is 0 Å². The maximum atomic E-state index is 13.7. The highest BCUT2D eigenvalue weighted by molar-refractivity contribution is 6.06. The van der Waals surface area contributed by atoms with Gasteiger partial charge in [0.15, 0.2) is 0 Å². The van der Waals surface area contributed by atoms with Crippen LogP contribution in [-0.2, 0) is 11.0 Å². The summed E-state index contributed by atoms with van der Waals surface area (Å²) >= 11 is 0. The molecule has 8 nitrogen and oxygen atoms in total. The highest BCUT2D eigenvalue weighted by Gasteiger charge is 2.35. The van der Waals surface area contributed by atoms with Crippen molar-refractivity contribution in [2.24, 2.45) is 11.6 Å². The number of hydrogen-bond acceptors (Lipinski definition) is 7. The fourth-order valence-corrected chi connectivity index (χ4v) is 3.17. The molecule has 0 radical (unpaired) electrons. The van der Waals surface area contributed by atoms with Gasteiger partial charge in [0.05, 0.1) is 17.0 Å². The Kier molecular flexibility index (Phi) is 10.7. The summed E-state index contributed by atoms with van der Waals surface area (Å²) in [6.07, 6.45) is 2.93. The zero-order valence-corrected chi connectivity index (χ0v) is 21.8. The van der Waals surface area contributed by atoms with Gasteiger partial charge in [0, 0.05) is 42.0 Å². The molecule has 1 aromatic carbocycles. The minimum Gasteiger partial charge on any atom is -0.492 e. The first kappa shape index (κ1) is 30.1. The number of aromatic nitrogens is 1. The summed E-state index contributed by atoms with van der Waals surface area (Å²) in [7, 11) is 3.57. The number of likely N-dealkylation sites (N-methyl/N-ethyl adjacent to an activating group) is 1. The molecule has 0 unspecified atom stereocenters. The lowest BCUT2D eigenvalue weighted by Gasteiger charge is -2.20. The number of ether oxygens (including phenoxy) is 1. The van der Waals surface area contributed by atoms with Crippen LogP contribution >= 0.6 is 0 Å². The van der Waals surface area contributed by atoms with Gasteiger partial charge in [-0.2, -0.15) is 13.2 Å². The fourth-order valence-electron chi connectivity index (χ4n) is 3.17. The number of carbonyl (C=O) groups excluding carboxylic acids is 1. The number of amides is 1. The second-order valence-corrected chi connectivity index (χ2v) is 8.60. The van der Waals surface area contributed by atoms with E-state index in [0.717, 1.165) is 6.07 Å². The number of alkyl halides is 3. The second kappa shape index (κ2) is 13.5. The van der Waals surface area contributed by atoms with Gasteiger partial charge < -0.3 is 20.7 Å². The SMILES string of the molecule is C=C(C)/C(=C\C(=C/C)C(=O)Nc1ccc(OCCN(C)C)c(C(F)(F)F)c1)N(N)/C=C(\N)c1cccnc1. The van der Waals surface area contributed by atoms with Crippen LogP contribution in [0.4, 0.5) is 18.9 Å². The third-order valence-electron chi connectivity index (χ3n) is 5.19. The Labute approximate surface area is 220 Å². The lowest BCUT2D eigenvalue weighted by molar-refractivity contribution is -0.139. The molecule has 38 heavy (non-hydrogen) atoms. The van der Waals surface area contributed by atoms with Crippen molar-refractivity contribution in [1.82, 2.24) is 14.9 Å². The Hall–Kier alpha value is -4.09. The van der Waals surface area contributed by atoms with Crippen LogP contribution in [0.5, 0.6) is 5.75 Å². The second-order valence-electron chi connectivity index (χ2n) is 8.60. The molecule has 2 aromatic rings. The van der Waals surface area contributed by atoms with Crippen molar-refractivity contribution in [3.8, 4) is 5.75 Å². The number of pyridine rings is 1. The molecule has 0 aliphatic heterocycles. The van der Waals surface area contributed by atoms with E-state index in [9.17, 15) is 18.0 Å². The normalized spacial score (nSPS) is 12.9. The number of nitrogens with one attached hydrogen (secondary N) is 1. The zero-order chi connectivity index (χ0) is 28.5. The highest BCUT2D eigenvalue weighted by atomic mass is 19.4. The zero-order valence-electron chi connectivity index (χ0n) is 21.8. The number of benzene rings is 1. The third kappa shape index (κ3) is 8.79. The summed E-state index contributed by atoms with van der Waals surface area (Å²) in [4.78, 5) is 18.8. The summed E-state index contributed by atoms with van der Waals surface area (Å²) < 4.78 is 46.4. The number of halogens is 3. The minimum atomic E-state index is -4.68. The van der Waals surface area contributed by atoms with Gasteiger partial charge in [-0.05, 0) is 69.9 Å². The molecule has 2 rings (SSSR count). The Morgan fingerprint density at radius 3 is 2.53 bits per heavy atom. The van der Waals surface area contributed by atoms with Crippen LogP contribution in [0.15, 0.2) is 84.5 Å². The Morgan fingerprint density at radius 2 is 1.97 bits per heavy atom. The topological polar surface area (TPSA) is 110 Å². The maximum Gasteiger partial charge on any atom is 0.420 e. The van der Waals surface area contributed by atoms with Crippen LogP contribution in [0.25, 0.3) is 5.70 Å². The van der Waals surface area contributed by atoms with E-state index in [-0.39, 0.29) is 23.6 Å². The van der Waals surface area contributed by atoms with Gasteiger partial charge in [-0.15, -0.1) is 0 Å². The van der Waals surface area contributed by atoms with Crippen molar-refractivity contribution >= 4 is 17.3 Å². The predicted molar refractivity (Wildman–Crippen MR) is 143 cm³/mol. The van der Waals surface area contributed by atoms with Gasteiger partial charge in [0.2, 0.25) is 0 Å². The van der Waals surface area contributed by atoms with Gasteiger partial charge in [-0.3, -0.25) is 14.8 Å². The smallest absolute Gasteiger partial charge is 0.420 e. The first-order chi connectivity index (χ1) is 17.8. The summed E-state index contributed by atoms with van der Waals surface area (Å²) in [5.74, 6) is 5.23. The minimum absolute atomic E-state index is 0.0442. The van der Waals surface area contributed by atoms with Crippen LogP contribution in [0, 0.1) is 0 Å². The number of allylic oxidation sites excluding steroid dienone is 2. The predicted octanol–water partition coefficient (Wildman–Crippen LogP) is 4.52. The Bertz CT molecular complexity index is 1220. The van der Waals surface area contributed by atoms with Crippen LogP contribution < -0.4 is 21.6 Å². The number of carbonyl (C=O) groups is 1. The van der Waals surface area contributed by atoms with Gasteiger partial charge in [0.25, 0.3) is 5.91 Å². The van der Waals surface area contributed by atoms with Crippen LogP contribution in [-0.4, -0.2) is 48.0 Å². The van der Waals surface area contributed by atoms with E-state index in [1.54, 1.807) is 57.4 Å². The monoisotopic (exact) mass is 530 g/mol. The molecule has 0 saturated carbocycles. The molecule has 5 N–H and O–H groups in total. The average molecular weight is 531 g/mol. The molecular formula is C27H33F3N6O2. The molecule has 11 heteroatoms. The van der Waals surface area contributed by atoms with Gasteiger partial charge in [0.1, 0.15) is 12.4 Å². The summed E-state index contributed by atoms with van der Waals surface area (Å²) in [6, 6.07) is 6.86. The van der Waals surface area contributed by atoms with Gasteiger partial charge >= 0.3 is 6.18 Å². The molecule has 1 heterocycles. The van der Waals surface area contributed by atoms with E-state index >= 15 is 0 Å². The first-order valence-electron chi connectivity index (χ1n) is 11.6. The molecule has 0 aliphatic carbocycles. The number of nitrogens with zero attached hydrogens (tertiary/aromatic N) is 3. The third-order valence-corrected chi connectivity index (χ3v) is 5.19. The molecule has 0 bridgehead atoms. The van der Waals surface area contributed by atoms with Crippen LogP contribution in [0.3, 0.4) is 0 Å². The van der Waals surface area contributed by atoms with Gasteiger partial charge in [-0.25, -0.2) is 5.84 Å². The molecule has 1 amide bonds. The van der Waals surface area contributed by atoms with Crippen molar-refractivity contribution < 1.29 is 22.7 Å². The lowest BCUT2D eigenvalue weighted by atomic mass is 10.1. The summed E-state index contributed by atoms with van der Waals surface area (Å²) in [5, 5.41) is 3.72. The van der Waals surface area contributed by atoms with Crippen LogP contribution in [0.2, 0.25) is 0 Å². The van der Waals surface area contributed by atoms with E-state index in [0.29, 0.717) is 29.1 Å². The number of nitrogens with two attached hydrogens (primary N) is 2. The van der Waals surface area contributed by atoms with Crippen molar-refractivity contribution in [3.63, 3.8) is 0 Å². The molecule has 1 aromatic heterocycles. The van der Waals surface area contributed by atoms with Crippen molar-refractivity contribution in [1.29, 1.82) is 0 Å². The van der Waals surface area contributed by atoms with Crippen LogP contribution in [0.1, 0.15) is 25.0 Å². The lowest BCUT2D eigenvalue weighted by Crippen LogP contribution is -2.27. The van der Waals surface area contributed by atoms with Crippen molar-refractivity contribution in [2.75, 3.05) is 32.6 Å². The van der Waals surface area contributed by atoms with E-state index in [1.165, 1.54) is 35.5 Å². The Morgan fingerprint density at radius 1 is 1.26 bits per heavy atom. The molecular weight excluding hydrogens is 497 g/mol. The molecule has 0 fully saturated rings. The highest BCUT2D eigenvalue weighted by Crippen LogP contribution is 2.38. The molecule has 0 aliphatic rings. The standard InChI is InChI=1S/C27H33F3N6O2/c1-6-19(14-24(18(2)3)36(32)17-23(31)20-8-7-11-33-16-20)26(37)34-21-9-10-25(38-13-12-35(4)5)22(15-21)27(28,29)30/h6-11,14-17H,2,12-13,31-32H2,1,3-5H3,(H,34,37)/b19-6+,23-17-,24-14+. The average Bonchev–Trinajstić information content (AvgIpc) is 2.84. The van der Waals surface area contributed by atoms with Gasteiger partial charge in [-0.1, -0.05) is 12.7 Å². The maximum absolute atomic E-state index is 13.7. The van der Waals surface area contributed by atoms with Crippen molar-refractivity contribution in [2.45, 2.75) is 20.0 Å². The first-order valence-corrected chi connectivity index (χ1v) is 11.6. The number of rotatable bonds is 11. The number of anilines is 1. The van der Waals surface area contributed by atoms with E-state index < -0.39 is 17.6 Å². The summed E-state index contributed by atoms with van der Waals surface area (Å²) in [6.45, 7) is 7.73. The molecule has 0 spiro atoms. The molecule has 0 saturated heterocycles. The molecule has 204 valence electrons. The fraction of sp³-hybridized carbons (Fsp3) is 0.259. The van der Waals surface area contributed by atoms with E-state index in [4.69, 9.17) is 16.3 Å². The summed E-state index contributed by atoms with van der Waals surface area (Å²) in [5.41, 5.74) is 7.07. The van der Waals surface area contributed by atoms with E-state index in [2.05, 4.69) is 16.9 Å². The number of hydrogen-bond donors (Lipinski definition) is 3. The largest absolute Gasteiger partial charge is 0.492 e. The molecule has 0 atom stereocenters. The quantitative estimate of drug-likeness (QED) is 0.170. The van der Waals surface area contributed by atoms with Crippen molar-refractivity contribution in [3.05, 3.63) is 95.6 Å². The Balaban J connectivity index is 2.29. The number of hydrazine groups is 1.